The number of hydrogen-bond donors (Lipinski definition) is 3. The maximum absolute atomic E-state index is 11.7. The Kier molecular flexibility index (Phi) is 6.56. The van der Waals surface area contributed by atoms with Gasteiger partial charge in [-0.1, -0.05) is 19.4 Å². The second-order valence-corrected chi connectivity index (χ2v) is 4.87. The van der Waals surface area contributed by atoms with E-state index in [1.165, 1.54) is 6.92 Å². The zero-order valence-electron chi connectivity index (χ0n) is 12.3. The van der Waals surface area contributed by atoms with Crippen LogP contribution in [0.15, 0.2) is 24.3 Å². The van der Waals surface area contributed by atoms with Gasteiger partial charge in [-0.15, -0.1) is 0 Å². The lowest BCUT2D eigenvalue weighted by Gasteiger charge is -2.14. The smallest absolute Gasteiger partial charge is 0.239 e. The van der Waals surface area contributed by atoms with Crippen LogP contribution in [0, 0.1) is 0 Å². The zero-order valence-corrected chi connectivity index (χ0v) is 12.3. The van der Waals surface area contributed by atoms with Crippen molar-refractivity contribution in [1.82, 2.24) is 5.32 Å². The lowest BCUT2D eigenvalue weighted by atomic mass is 10.2. The number of anilines is 2. The van der Waals surface area contributed by atoms with Gasteiger partial charge in [0.2, 0.25) is 11.8 Å². The molecule has 1 unspecified atom stereocenters. The molecule has 0 spiro atoms. The number of nitrogens with one attached hydrogen (secondary N) is 3. The average molecular weight is 277 g/mol. The van der Waals surface area contributed by atoms with E-state index in [4.69, 9.17) is 0 Å². The van der Waals surface area contributed by atoms with E-state index in [1.54, 1.807) is 12.1 Å². The van der Waals surface area contributed by atoms with Crippen LogP contribution in [0.5, 0.6) is 0 Å². The van der Waals surface area contributed by atoms with Gasteiger partial charge in [0.15, 0.2) is 0 Å². The molecular weight excluding hydrogens is 254 g/mol. The van der Waals surface area contributed by atoms with Crippen molar-refractivity contribution in [2.75, 3.05) is 17.2 Å². The molecule has 2 amide bonds. The van der Waals surface area contributed by atoms with E-state index < -0.39 is 0 Å². The van der Waals surface area contributed by atoms with Crippen LogP contribution in [-0.4, -0.2) is 24.4 Å². The van der Waals surface area contributed by atoms with Gasteiger partial charge in [-0.05, 0) is 31.5 Å². The third kappa shape index (κ3) is 6.22. The molecule has 0 bridgehead atoms. The number of carbonyl (C=O) groups is 2. The third-order valence-electron chi connectivity index (χ3n) is 2.77. The Morgan fingerprint density at radius 3 is 2.60 bits per heavy atom. The van der Waals surface area contributed by atoms with Crippen molar-refractivity contribution in [2.24, 2.45) is 0 Å². The van der Waals surface area contributed by atoms with Gasteiger partial charge in [0.25, 0.3) is 0 Å². The molecule has 3 N–H and O–H groups in total. The molecule has 110 valence electrons. The van der Waals surface area contributed by atoms with Crippen LogP contribution < -0.4 is 16.0 Å². The predicted molar refractivity (Wildman–Crippen MR) is 81.7 cm³/mol. The molecule has 5 heteroatoms. The van der Waals surface area contributed by atoms with Gasteiger partial charge in [0, 0.05) is 24.3 Å². The number of benzene rings is 1. The van der Waals surface area contributed by atoms with E-state index in [0.29, 0.717) is 5.69 Å². The van der Waals surface area contributed by atoms with Gasteiger partial charge in [-0.25, -0.2) is 0 Å². The van der Waals surface area contributed by atoms with Crippen LogP contribution in [0.4, 0.5) is 11.4 Å². The number of hydrogen-bond acceptors (Lipinski definition) is 3. The second kappa shape index (κ2) is 8.19. The standard InChI is InChI=1S/C15H23N3O2/c1-4-6-11(2)17-15(20)10-16-13-7-5-8-14(9-13)18-12(3)19/h5,7-9,11,16H,4,6,10H2,1-3H3,(H,17,20)(H,18,19). The van der Waals surface area contributed by atoms with Crippen molar-refractivity contribution in [3.05, 3.63) is 24.3 Å². The lowest BCUT2D eigenvalue weighted by molar-refractivity contribution is -0.120. The first-order valence-corrected chi connectivity index (χ1v) is 6.92. The molecule has 5 nitrogen and oxygen atoms in total. The molecule has 1 aromatic carbocycles. The molecule has 0 aliphatic carbocycles. The highest BCUT2D eigenvalue weighted by molar-refractivity contribution is 5.89. The minimum atomic E-state index is -0.117. The van der Waals surface area contributed by atoms with Crippen molar-refractivity contribution in [3.63, 3.8) is 0 Å². The summed E-state index contributed by atoms with van der Waals surface area (Å²) in [5.41, 5.74) is 1.51. The van der Waals surface area contributed by atoms with Crippen molar-refractivity contribution >= 4 is 23.2 Å². The Bertz CT molecular complexity index is 460. The highest BCUT2D eigenvalue weighted by atomic mass is 16.2. The van der Waals surface area contributed by atoms with E-state index in [-0.39, 0.29) is 24.4 Å². The number of rotatable bonds is 7. The molecule has 1 aromatic rings. The monoisotopic (exact) mass is 277 g/mol. The highest BCUT2D eigenvalue weighted by Crippen LogP contribution is 2.14. The van der Waals surface area contributed by atoms with Crippen molar-refractivity contribution < 1.29 is 9.59 Å². The summed E-state index contributed by atoms with van der Waals surface area (Å²) in [6.45, 7) is 5.77. The summed E-state index contributed by atoms with van der Waals surface area (Å²) in [5, 5.41) is 8.67. The van der Waals surface area contributed by atoms with Crippen molar-refractivity contribution in [3.8, 4) is 0 Å². The molecule has 0 saturated carbocycles. The van der Waals surface area contributed by atoms with E-state index in [0.717, 1.165) is 18.5 Å². The molecule has 0 aromatic heterocycles. The summed E-state index contributed by atoms with van der Waals surface area (Å²) in [5.74, 6) is -0.149. The summed E-state index contributed by atoms with van der Waals surface area (Å²) in [4.78, 5) is 22.7. The molecule has 1 rings (SSSR count). The van der Waals surface area contributed by atoms with E-state index >= 15 is 0 Å². The zero-order chi connectivity index (χ0) is 15.0. The van der Waals surface area contributed by atoms with Crippen LogP contribution in [0.3, 0.4) is 0 Å². The Morgan fingerprint density at radius 2 is 1.95 bits per heavy atom. The first-order valence-electron chi connectivity index (χ1n) is 6.92. The first kappa shape index (κ1) is 16.0. The van der Waals surface area contributed by atoms with Gasteiger partial charge >= 0.3 is 0 Å². The Morgan fingerprint density at radius 1 is 1.25 bits per heavy atom. The van der Waals surface area contributed by atoms with E-state index in [2.05, 4.69) is 22.9 Å². The number of amides is 2. The summed E-state index contributed by atoms with van der Waals surface area (Å²) in [6, 6.07) is 7.47. The fourth-order valence-electron chi connectivity index (χ4n) is 1.92. The average Bonchev–Trinajstić information content (AvgIpc) is 2.36. The Balaban J connectivity index is 2.45. The molecule has 0 heterocycles. The van der Waals surface area contributed by atoms with Crippen LogP contribution >= 0.6 is 0 Å². The van der Waals surface area contributed by atoms with E-state index in [1.807, 2.05) is 19.1 Å². The molecule has 0 fully saturated rings. The predicted octanol–water partition coefficient (Wildman–Crippen LogP) is 2.36. The fourth-order valence-corrected chi connectivity index (χ4v) is 1.92. The molecule has 0 aliphatic heterocycles. The van der Waals surface area contributed by atoms with Gasteiger partial charge in [-0.3, -0.25) is 9.59 Å². The fraction of sp³-hybridized carbons (Fsp3) is 0.467. The Labute approximate surface area is 120 Å². The summed E-state index contributed by atoms with van der Waals surface area (Å²) >= 11 is 0. The SMILES string of the molecule is CCCC(C)NC(=O)CNc1cccc(NC(C)=O)c1. The second-order valence-electron chi connectivity index (χ2n) is 4.87. The third-order valence-corrected chi connectivity index (χ3v) is 2.77. The first-order chi connectivity index (χ1) is 9.51. The molecule has 0 radical (unpaired) electrons. The van der Waals surface area contributed by atoms with Gasteiger partial charge in [0.1, 0.15) is 0 Å². The summed E-state index contributed by atoms with van der Waals surface area (Å²) in [6.07, 6.45) is 2.03. The maximum Gasteiger partial charge on any atom is 0.239 e. The quantitative estimate of drug-likeness (QED) is 0.716. The summed E-state index contributed by atoms with van der Waals surface area (Å²) < 4.78 is 0. The molecule has 0 saturated heterocycles. The molecular formula is C15H23N3O2. The highest BCUT2D eigenvalue weighted by Gasteiger charge is 2.06. The number of carbonyl (C=O) groups excluding carboxylic acids is 2. The van der Waals surface area contributed by atoms with Crippen LogP contribution in [0.25, 0.3) is 0 Å². The van der Waals surface area contributed by atoms with Crippen LogP contribution in [0.1, 0.15) is 33.6 Å². The van der Waals surface area contributed by atoms with Crippen LogP contribution in [0.2, 0.25) is 0 Å². The van der Waals surface area contributed by atoms with Gasteiger partial charge in [0.05, 0.1) is 6.54 Å². The van der Waals surface area contributed by atoms with Crippen molar-refractivity contribution in [1.29, 1.82) is 0 Å². The van der Waals surface area contributed by atoms with Crippen molar-refractivity contribution in [2.45, 2.75) is 39.7 Å². The largest absolute Gasteiger partial charge is 0.376 e. The minimum Gasteiger partial charge on any atom is -0.376 e. The lowest BCUT2D eigenvalue weighted by Crippen LogP contribution is -2.36. The topological polar surface area (TPSA) is 70.2 Å². The summed E-state index contributed by atoms with van der Waals surface area (Å²) in [7, 11) is 0. The van der Waals surface area contributed by atoms with Crippen LogP contribution in [-0.2, 0) is 9.59 Å². The normalized spacial score (nSPS) is 11.6. The Hall–Kier alpha value is -2.04. The van der Waals surface area contributed by atoms with Gasteiger partial charge in [-0.2, -0.15) is 0 Å². The van der Waals surface area contributed by atoms with Gasteiger partial charge < -0.3 is 16.0 Å². The molecule has 20 heavy (non-hydrogen) atoms. The minimum absolute atomic E-state index is 0.0316. The molecule has 1 atom stereocenters. The van der Waals surface area contributed by atoms with E-state index in [9.17, 15) is 9.59 Å². The maximum atomic E-state index is 11.7. The molecule has 0 aliphatic rings.